The largest absolute Gasteiger partial charge is 0.548 e. The molecule has 1 aliphatic rings. The van der Waals surface area contributed by atoms with Crippen LogP contribution in [0.2, 0.25) is 0 Å². The second-order valence-corrected chi connectivity index (χ2v) is 1.96. The molecule has 58 valence electrons. The molecule has 0 aliphatic carbocycles. The first-order valence-corrected chi connectivity index (χ1v) is 3.13. The minimum Gasteiger partial charge on any atom is -0.548 e. The van der Waals surface area contributed by atoms with Crippen molar-refractivity contribution in [3.63, 3.8) is 0 Å². The van der Waals surface area contributed by atoms with E-state index in [1.165, 1.54) is 11.2 Å². The Morgan fingerprint density at radius 2 is 2.27 bits per heavy atom. The number of allylic oxidation sites excluding steroid dienone is 3. The quantitative estimate of drug-likeness (QED) is 0.514. The molecule has 0 radical (unpaired) electrons. The van der Waals surface area contributed by atoms with Gasteiger partial charge in [0.2, 0.25) is 0 Å². The first-order chi connectivity index (χ1) is 5.29. The summed E-state index contributed by atoms with van der Waals surface area (Å²) in [5, 5.41) is 15.2. The van der Waals surface area contributed by atoms with Gasteiger partial charge in [0, 0.05) is 12.4 Å². The highest BCUT2D eigenvalue weighted by molar-refractivity contribution is 5.72. The fraction of sp³-hybridized carbons (Fsp3) is 0.143. The van der Waals surface area contributed by atoms with Crippen LogP contribution in [0.4, 0.5) is 0 Å². The lowest BCUT2D eigenvalue weighted by Gasteiger charge is -2.12. The van der Waals surface area contributed by atoms with Crippen molar-refractivity contribution >= 4 is 12.2 Å². The fourth-order valence-corrected chi connectivity index (χ4v) is 0.651. The van der Waals surface area contributed by atoms with Crippen LogP contribution < -0.4 is 5.11 Å². The zero-order valence-corrected chi connectivity index (χ0v) is 5.80. The van der Waals surface area contributed by atoms with Gasteiger partial charge in [-0.3, -0.25) is 5.01 Å². The predicted octanol–water partition coefficient (Wildman–Crippen LogP) is -0.892. The van der Waals surface area contributed by atoms with Crippen LogP contribution in [0.1, 0.15) is 0 Å². The molecule has 0 fully saturated rings. The predicted molar refractivity (Wildman–Crippen MR) is 38.5 cm³/mol. The van der Waals surface area contributed by atoms with Crippen LogP contribution in [0.5, 0.6) is 0 Å². The topological polar surface area (TPSA) is 55.7 Å². The monoisotopic (exact) mass is 151 g/mol. The van der Waals surface area contributed by atoms with Crippen molar-refractivity contribution in [2.75, 3.05) is 6.54 Å². The fourth-order valence-electron chi connectivity index (χ4n) is 0.651. The van der Waals surface area contributed by atoms with Gasteiger partial charge in [0.1, 0.15) is 0 Å². The number of carboxylic acids is 1. The molecule has 4 nitrogen and oxygen atoms in total. The van der Waals surface area contributed by atoms with Crippen LogP contribution in [0.25, 0.3) is 0 Å². The van der Waals surface area contributed by atoms with Gasteiger partial charge >= 0.3 is 0 Å². The summed E-state index contributed by atoms with van der Waals surface area (Å²) in [5.41, 5.74) is 0. The molecule has 0 N–H and O–H groups in total. The third-order valence-corrected chi connectivity index (χ3v) is 1.07. The highest BCUT2D eigenvalue weighted by atomic mass is 16.4. The number of carbonyl (C=O) groups excluding carboxylic acids is 1. The second-order valence-electron chi connectivity index (χ2n) is 1.96. The summed E-state index contributed by atoms with van der Waals surface area (Å²) in [5.74, 6) is -1.14. The third-order valence-electron chi connectivity index (χ3n) is 1.07. The van der Waals surface area contributed by atoms with Crippen molar-refractivity contribution in [1.29, 1.82) is 0 Å². The van der Waals surface area contributed by atoms with E-state index < -0.39 is 5.97 Å². The lowest BCUT2D eigenvalue weighted by Crippen LogP contribution is -2.32. The van der Waals surface area contributed by atoms with Crippen LogP contribution in [-0.4, -0.2) is 23.7 Å². The summed E-state index contributed by atoms with van der Waals surface area (Å²) in [7, 11) is 0. The Morgan fingerprint density at radius 1 is 1.45 bits per heavy atom. The van der Waals surface area contributed by atoms with E-state index in [0.717, 1.165) is 0 Å². The molecule has 0 amide bonds. The molecule has 1 heterocycles. The standard InChI is InChI=1S/C7H8N2O2/c10-7(11)6-9-5-3-1-2-4-8-9/h1-5H,6H2,(H,10,11)/p-1. The number of rotatable bonds is 2. The number of carbonyl (C=O) groups is 1. The zero-order valence-electron chi connectivity index (χ0n) is 5.80. The average molecular weight is 151 g/mol. The Morgan fingerprint density at radius 3 is 3.00 bits per heavy atom. The molecule has 1 rings (SSSR count). The smallest absolute Gasteiger partial charge is 0.0804 e. The summed E-state index contributed by atoms with van der Waals surface area (Å²) < 4.78 is 0. The maximum atomic E-state index is 10.1. The van der Waals surface area contributed by atoms with E-state index >= 15 is 0 Å². The first kappa shape index (κ1) is 7.53. The van der Waals surface area contributed by atoms with E-state index in [-0.39, 0.29) is 6.54 Å². The van der Waals surface area contributed by atoms with E-state index in [1.807, 2.05) is 0 Å². The van der Waals surface area contributed by atoms with Gasteiger partial charge in [-0.05, 0) is 12.2 Å². The van der Waals surface area contributed by atoms with Crippen molar-refractivity contribution < 1.29 is 9.90 Å². The van der Waals surface area contributed by atoms with Crippen molar-refractivity contribution in [2.24, 2.45) is 5.10 Å². The number of nitrogens with zero attached hydrogens (tertiary/aromatic N) is 2. The van der Waals surface area contributed by atoms with Gasteiger partial charge in [-0.15, -0.1) is 0 Å². The van der Waals surface area contributed by atoms with Crippen molar-refractivity contribution in [2.45, 2.75) is 0 Å². The summed E-state index contributed by atoms with van der Waals surface area (Å²) in [4.78, 5) is 10.1. The number of hydrogen-bond donors (Lipinski definition) is 0. The Labute approximate surface area is 64.1 Å². The Balaban J connectivity index is 2.53. The second kappa shape index (κ2) is 3.55. The SMILES string of the molecule is O=C([O-])CN1C=CC=CC=N1. The molecule has 0 unspecified atom stereocenters. The van der Waals surface area contributed by atoms with Gasteiger partial charge in [0.05, 0.1) is 12.5 Å². The van der Waals surface area contributed by atoms with Crippen LogP contribution in [0.15, 0.2) is 29.5 Å². The third kappa shape index (κ3) is 2.66. The van der Waals surface area contributed by atoms with Crippen LogP contribution in [0.3, 0.4) is 0 Å². The number of hydrogen-bond acceptors (Lipinski definition) is 4. The Kier molecular flexibility index (Phi) is 2.43. The molecule has 4 heteroatoms. The number of hydrazone groups is 1. The van der Waals surface area contributed by atoms with Crippen LogP contribution in [0, 0.1) is 0 Å². The van der Waals surface area contributed by atoms with Gasteiger partial charge in [-0.2, -0.15) is 5.10 Å². The van der Waals surface area contributed by atoms with E-state index in [4.69, 9.17) is 0 Å². The highest BCUT2D eigenvalue weighted by Gasteiger charge is 1.94. The van der Waals surface area contributed by atoms with E-state index in [9.17, 15) is 9.90 Å². The minimum atomic E-state index is -1.14. The maximum absolute atomic E-state index is 10.1. The number of aliphatic carboxylic acids is 1. The van der Waals surface area contributed by atoms with Crippen molar-refractivity contribution in [3.8, 4) is 0 Å². The van der Waals surface area contributed by atoms with E-state index in [0.29, 0.717) is 0 Å². The van der Waals surface area contributed by atoms with Gasteiger partial charge in [-0.25, -0.2) is 0 Å². The molecule has 0 atom stereocenters. The maximum Gasteiger partial charge on any atom is 0.0804 e. The minimum absolute atomic E-state index is 0.214. The first-order valence-electron chi connectivity index (χ1n) is 3.13. The Bertz CT molecular complexity index is 215. The van der Waals surface area contributed by atoms with Crippen molar-refractivity contribution in [1.82, 2.24) is 5.01 Å². The van der Waals surface area contributed by atoms with Crippen LogP contribution in [-0.2, 0) is 4.79 Å². The lowest BCUT2D eigenvalue weighted by molar-refractivity contribution is -0.305. The van der Waals surface area contributed by atoms with Gasteiger partial charge < -0.3 is 9.90 Å². The summed E-state index contributed by atoms with van der Waals surface area (Å²) in [6.45, 7) is -0.214. The Hall–Kier alpha value is -1.58. The molecule has 11 heavy (non-hydrogen) atoms. The van der Waals surface area contributed by atoms with Gasteiger partial charge in [-0.1, -0.05) is 6.08 Å². The number of carboxylic acid groups (broad SMARTS) is 1. The summed E-state index contributed by atoms with van der Waals surface area (Å²) in [6.07, 6.45) is 8.26. The molecule has 0 spiro atoms. The average Bonchev–Trinajstić information content (AvgIpc) is 2.14. The lowest BCUT2D eigenvalue weighted by atomic mass is 10.5. The molecule has 0 aromatic carbocycles. The van der Waals surface area contributed by atoms with Gasteiger partial charge in [0.15, 0.2) is 0 Å². The molecule has 0 aromatic heterocycles. The van der Waals surface area contributed by atoms with Crippen molar-refractivity contribution in [3.05, 3.63) is 24.4 Å². The summed E-state index contributed by atoms with van der Waals surface area (Å²) in [6, 6.07) is 0. The molecular formula is C7H7N2O2-. The normalized spacial score (nSPS) is 15.1. The molecule has 0 saturated carbocycles. The zero-order chi connectivity index (χ0) is 8.10. The van der Waals surface area contributed by atoms with E-state index in [1.54, 1.807) is 24.4 Å². The van der Waals surface area contributed by atoms with Crippen LogP contribution >= 0.6 is 0 Å². The van der Waals surface area contributed by atoms with E-state index in [2.05, 4.69) is 5.10 Å². The molecule has 1 aliphatic heterocycles. The molecule has 0 saturated heterocycles. The molecule has 0 aromatic rings. The van der Waals surface area contributed by atoms with Gasteiger partial charge in [0.25, 0.3) is 0 Å². The molecular weight excluding hydrogens is 144 g/mol. The summed E-state index contributed by atoms with van der Waals surface area (Å²) >= 11 is 0. The highest BCUT2D eigenvalue weighted by Crippen LogP contribution is 1.93. The molecule has 0 bridgehead atoms.